The van der Waals surface area contributed by atoms with Gasteiger partial charge in [-0.15, -0.1) is 0 Å². The predicted molar refractivity (Wildman–Crippen MR) is 78.1 cm³/mol. The van der Waals surface area contributed by atoms with E-state index in [9.17, 15) is 4.79 Å². The standard InChI is InChI=1S/C15H30N2O2/c1-6-8-16-15(3,14(18)19-5)7-9-17(4)11-13-10-12(13)2/h12-13,16H,6-11H2,1-5H3. The van der Waals surface area contributed by atoms with Crippen LogP contribution >= 0.6 is 0 Å². The molecule has 0 spiro atoms. The minimum Gasteiger partial charge on any atom is -0.468 e. The van der Waals surface area contributed by atoms with Crippen molar-refractivity contribution in [2.24, 2.45) is 11.8 Å². The van der Waals surface area contributed by atoms with Crippen molar-refractivity contribution in [3.05, 3.63) is 0 Å². The maximum Gasteiger partial charge on any atom is 0.325 e. The van der Waals surface area contributed by atoms with Gasteiger partial charge >= 0.3 is 5.97 Å². The average molecular weight is 270 g/mol. The lowest BCUT2D eigenvalue weighted by Crippen LogP contribution is -2.52. The molecule has 0 heterocycles. The smallest absolute Gasteiger partial charge is 0.325 e. The van der Waals surface area contributed by atoms with Gasteiger partial charge in [-0.1, -0.05) is 13.8 Å². The SMILES string of the molecule is CCCNC(C)(CCN(C)CC1CC1C)C(=O)OC. The van der Waals surface area contributed by atoms with Crippen molar-refractivity contribution >= 4 is 5.97 Å². The Morgan fingerprint density at radius 3 is 2.63 bits per heavy atom. The Morgan fingerprint density at radius 2 is 2.16 bits per heavy atom. The number of nitrogens with one attached hydrogen (secondary N) is 1. The minimum absolute atomic E-state index is 0.158. The molecule has 0 aromatic carbocycles. The molecule has 4 nitrogen and oxygen atoms in total. The van der Waals surface area contributed by atoms with Crippen LogP contribution in [-0.2, 0) is 9.53 Å². The van der Waals surface area contributed by atoms with E-state index in [0.29, 0.717) is 0 Å². The molecule has 3 unspecified atom stereocenters. The fraction of sp³-hybridized carbons (Fsp3) is 0.933. The Morgan fingerprint density at radius 1 is 1.53 bits per heavy atom. The van der Waals surface area contributed by atoms with E-state index in [4.69, 9.17) is 4.74 Å². The quantitative estimate of drug-likeness (QED) is 0.650. The van der Waals surface area contributed by atoms with Gasteiger partial charge in [0, 0.05) is 13.1 Å². The zero-order chi connectivity index (χ0) is 14.5. The molecular formula is C15H30N2O2. The fourth-order valence-electron chi connectivity index (χ4n) is 2.45. The van der Waals surface area contributed by atoms with Crippen molar-refractivity contribution in [3.8, 4) is 0 Å². The summed E-state index contributed by atoms with van der Waals surface area (Å²) in [7, 11) is 3.60. The molecule has 0 aromatic rings. The van der Waals surface area contributed by atoms with E-state index < -0.39 is 5.54 Å². The van der Waals surface area contributed by atoms with Crippen LogP contribution < -0.4 is 5.32 Å². The topological polar surface area (TPSA) is 41.6 Å². The first-order chi connectivity index (χ1) is 8.92. The number of ether oxygens (including phenoxy) is 1. The van der Waals surface area contributed by atoms with E-state index in [1.165, 1.54) is 13.5 Å². The van der Waals surface area contributed by atoms with Crippen LogP contribution in [0.2, 0.25) is 0 Å². The van der Waals surface area contributed by atoms with Gasteiger partial charge in [-0.3, -0.25) is 4.79 Å². The van der Waals surface area contributed by atoms with Gasteiger partial charge in [0.2, 0.25) is 0 Å². The highest BCUT2D eigenvalue weighted by molar-refractivity contribution is 5.80. The lowest BCUT2D eigenvalue weighted by molar-refractivity contribution is -0.148. The number of hydrogen-bond donors (Lipinski definition) is 1. The molecular weight excluding hydrogens is 240 g/mol. The highest BCUT2D eigenvalue weighted by atomic mass is 16.5. The Labute approximate surface area is 117 Å². The lowest BCUT2D eigenvalue weighted by Gasteiger charge is -2.30. The van der Waals surface area contributed by atoms with Crippen LogP contribution in [0.4, 0.5) is 0 Å². The third kappa shape index (κ3) is 5.11. The van der Waals surface area contributed by atoms with E-state index in [-0.39, 0.29) is 5.97 Å². The molecule has 0 bridgehead atoms. The average Bonchev–Trinajstić information content (AvgIpc) is 3.08. The van der Waals surface area contributed by atoms with Crippen molar-refractivity contribution in [3.63, 3.8) is 0 Å². The van der Waals surface area contributed by atoms with Crippen LogP contribution in [0.1, 0.15) is 40.0 Å². The molecule has 112 valence electrons. The number of hydrogen-bond acceptors (Lipinski definition) is 4. The lowest BCUT2D eigenvalue weighted by atomic mass is 9.97. The molecule has 1 aliphatic rings. The molecule has 0 radical (unpaired) electrons. The molecule has 1 N–H and O–H groups in total. The summed E-state index contributed by atoms with van der Waals surface area (Å²) in [5, 5.41) is 3.33. The molecule has 0 aliphatic heterocycles. The number of carbonyl (C=O) groups is 1. The normalized spacial score (nSPS) is 25.2. The van der Waals surface area contributed by atoms with E-state index in [0.717, 1.165) is 44.3 Å². The summed E-state index contributed by atoms with van der Waals surface area (Å²) in [5.74, 6) is 1.58. The summed E-state index contributed by atoms with van der Waals surface area (Å²) >= 11 is 0. The Balaban J connectivity index is 2.40. The maximum atomic E-state index is 11.9. The van der Waals surface area contributed by atoms with Crippen LogP contribution in [0, 0.1) is 11.8 Å². The largest absolute Gasteiger partial charge is 0.468 e. The van der Waals surface area contributed by atoms with Crippen LogP contribution in [-0.4, -0.2) is 50.2 Å². The van der Waals surface area contributed by atoms with Gasteiger partial charge < -0.3 is 15.0 Å². The van der Waals surface area contributed by atoms with Gasteiger partial charge in [-0.25, -0.2) is 0 Å². The van der Waals surface area contributed by atoms with Crippen molar-refractivity contribution in [1.29, 1.82) is 0 Å². The number of esters is 1. The van der Waals surface area contributed by atoms with Gasteiger partial charge in [0.15, 0.2) is 0 Å². The van der Waals surface area contributed by atoms with Crippen molar-refractivity contribution in [2.75, 3.05) is 33.8 Å². The van der Waals surface area contributed by atoms with Crippen LogP contribution in [0.5, 0.6) is 0 Å². The Kier molecular flexibility index (Phi) is 6.27. The highest BCUT2D eigenvalue weighted by Crippen LogP contribution is 2.38. The molecule has 4 heteroatoms. The molecule has 1 saturated carbocycles. The number of methoxy groups -OCH3 is 1. The third-order valence-electron chi connectivity index (χ3n) is 4.22. The monoisotopic (exact) mass is 270 g/mol. The van der Waals surface area contributed by atoms with Gasteiger partial charge in [0.25, 0.3) is 0 Å². The molecule has 1 aliphatic carbocycles. The predicted octanol–water partition coefficient (Wildman–Crippen LogP) is 1.90. The molecule has 0 aromatic heterocycles. The van der Waals surface area contributed by atoms with Gasteiger partial charge in [0.1, 0.15) is 5.54 Å². The van der Waals surface area contributed by atoms with Crippen molar-refractivity contribution < 1.29 is 9.53 Å². The van der Waals surface area contributed by atoms with E-state index in [2.05, 4.69) is 31.1 Å². The van der Waals surface area contributed by atoms with Gasteiger partial charge in [-0.05, 0) is 51.6 Å². The molecule has 1 fully saturated rings. The number of nitrogens with zero attached hydrogens (tertiary/aromatic N) is 1. The molecule has 19 heavy (non-hydrogen) atoms. The van der Waals surface area contributed by atoms with Crippen LogP contribution in [0.25, 0.3) is 0 Å². The number of rotatable bonds is 9. The molecule has 0 saturated heterocycles. The first-order valence-electron chi connectivity index (χ1n) is 7.45. The molecule has 1 rings (SSSR count). The zero-order valence-corrected chi connectivity index (χ0v) is 13.2. The van der Waals surface area contributed by atoms with Gasteiger partial charge in [-0.2, -0.15) is 0 Å². The van der Waals surface area contributed by atoms with E-state index in [1.807, 2.05) is 6.92 Å². The minimum atomic E-state index is -0.561. The van der Waals surface area contributed by atoms with Gasteiger partial charge in [0.05, 0.1) is 7.11 Å². The second kappa shape index (κ2) is 7.25. The molecule has 0 amide bonds. The van der Waals surface area contributed by atoms with Crippen LogP contribution in [0.3, 0.4) is 0 Å². The molecule has 3 atom stereocenters. The summed E-state index contributed by atoms with van der Waals surface area (Å²) in [6.45, 7) is 9.26. The second-order valence-corrected chi connectivity index (χ2v) is 6.24. The van der Waals surface area contributed by atoms with Crippen molar-refractivity contribution in [1.82, 2.24) is 10.2 Å². The highest BCUT2D eigenvalue weighted by Gasteiger charge is 2.36. The van der Waals surface area contributed by atoms with E-state index >= 15 is 0 Å². The number of carbonyl (C=O) groups excluding carboxylic acids is 1. The maximum absolute atomic E-state index is 11.9. The summed E-state index contributed by atoms with van der Waals surface area (Å²) in [4.78, 5) is 14.3. The summed E-state index contributed by atoms with van der Waals surface area (Å²) in [5.41, 5.74) is -0.561. The van der Waals surface area contributed by atoms with E-state index in [1.54, 1.807) is 0 Å². The zero-order valence-electron chi connectivity index (χ0n) is 13.2. The summed E-state index contributed by atoms with van der Waals surface area (Å²) in [6, 6.07) is 0. The summed E-state index contributed by atoms with van der Waals surface area (Å²) in [6.07, 6.45) is 3.16. The third-order valence-corrected chi connectivity index (χ3v) is 4.22. The first-order valence-corrected chi connectivity index (χ1v) is 7.45. The second-order valence-electron chi connectivity index (χ2n) is 6.24. The first kappa shape index (κ1) is 16.4. The Bertz CT molecular complexity index is 296. The Hall–Kier alpha value is -0.610. The van der Waals surface area contributed by atoms with Crippen LogP contribution in [0.15, 0.2) is 0 Å². The summed E-state index contributed by atoms with van der Waals surface area (Å²) < 4.78 is 4.94. The van der Waals surface area contributed by atoms with Crippen molar-refractivity contribution in [2.45, 2.75) is 45.6 Å². The fourth-order valence-corrected chi connectivity index (χ4v) is 2.45.